The fraction of sp³-hybridized carbons (Fsp3) is 0.522. The minimum atomic E-state index is -0.590. The molecule has 2 aromatic heterocycles. The second-order valence-corrected chi connectivity index (χ2v) is 9.23. The van der Waals surface area contributed by atoms with Gasteiger partial charge in [0.1, 0.15) is 12.0 Å². The molecule has 0 bridgehead atoms. The van der Waals surface area contributed by atoms with Crippen LogP contribution < -0.4 is 10.5 Å². The van der Waals surface area contributed by atoms with Gasteiger partial charge in [0.25, 0.3) is 5.56 Å². The largest absolute Gasteiger partial charge is 0.390 e. The highest BCUT2D eigenvalue weighted by Gasteiger charge is 2.31. The smallest absolute Gasteiger partial charge is 0.257 e. The van der Waals surface area contributed by atoms with E-state index in [2.05, 4.69) is 43.9 Å². The lowest BCUT2D eigenvalue weighted by Gasteiger charge is -2.34. The highest BCUT2D eigenvalue weighted by molar-refractivity contribution is 6.06. The van der Waals surface area contributed by atoms with Crippen molar-refractivity contribution in [3.63, 3.8) is 0 Å². The summed E-state index contributed by atoms with van der Waals surface area (Å²) in [6.45, 7) is 5.88. The summed E-state index contributed by atoms with van der Waals surface area (Å²) in [5.41, 5.74) is 1.98. The molecule has 1 aliphatic carbocycles. The number of anilines is 1. The van der Waals surface area contributed by atoms with Crippen molar-refractivity contribution in [2.24, 2.45) is 0 Å². The summed E-state index contributed by atoms with van der Waals surface area (Å²) in [6, 6.07) is 6.20. The number of benzene rings is 1. The number of pyridine rings is 1. The molecular weight excluding hydrogens is 378 g/mol. The van der Waals surface area contributed by atoms with Gasteiger partial charge in [-0.2, -0.15) is 0 Å². The van der Waals surface area contributed by atoms with Gasteiger partial charge >= 0.3 is 0 Å². The number of nitrogens with one attached hydrogen (secondary N) is 1. The van der Waals surface area contributed by atoms with E-state index in [0.717, 1.165) is 74.0 Å². The second kappa shape index (κ2) is 7.32. The number of piperazine rings is 1. The SMILES string of the molecule is CN1CCN(c2ccc3c(c2)c(=O)[nH]c2ncnc(C4CCC(C)(O)CC4)c23)CC1. The third kappa shape index (κ3) is 3.46. The predicted octanol–water partition coefficient (Wildman–Crippen LogP) is 2.63. The maximum atomic E-state index is 12.9. The third-order valence-corrected chi connectivity index (χ3v) is 6.94. The molecule has 1 aromatic carbocycles. The van der Waals surface area contributed by atoms with Crippen molar-refractivity contribution in [3.8, 4) is 0 Å². The summed E-state index contributed by atoms with van der Waals surface area (Å²) < 4.78 is 0. The summed E-state index contributed by atoms with van der Waals surface area (Å²) in [5.74, 6) is 0.266. The average molecular weight is 408 g/mol. The van der Waals surface area contributed by atoms with E-state index in [0.29, 0.717) is 11.0 Å². The highest BCUT2D eigenvalue weighted by atomic mass is 16.3. The first-order valence-electron chi connectivity index (χ1n) is 10.9. The normalized spacial score (nSPS) is 25.8. The molecule has 0 radical (unpaired) electrons. The molecule has 2 N–H and O–H groups in total. The van der Waals surface area contributed by atoms with Crippen LogP contribution in [0.4, 0.5) is 5.69 Å². The number of nitrogens with zero attached hydrogens (tertiary/aromatic N) is 4. The Bertz CT molecular complexity index is 1140. The Labute approximate surface area is 175 Å². The van der Waals surface area contributed by atoms with Crippen molar-refractivity contribution in [2.75, 3.05) is 38.1 Å². The number of likely N-dealkylation sites (N-methyl/N-ethyl adjacent to an activating group) is 1. The standard InChI is InChI=1S/C23H29N5O2/c1-23(30)7-5-15(6-8-23)20-19-17-4-3-16(28-11-9-27(2)10-12-28)13-18(17)22(29)26-21(19)25-14-24-20/h3-4,13-15,30H,5-12H2,1-2H3,(H,24,25,26,29). The fourth-order valence-electron chi connectivity index (χ4n) is 4.96. The minimum Gasteiger partial charge on any atom is -0.390 e. The first-order chi connectivity index (χ1) is 14.4. The van der Waals surface area contributed by atoms with Gasteiger partial charge in [0.15, 0.2) is 0 Å². The van der Waals surface area contributed by atoms with Gasteiger partial charge in [-0.15, -0.1) is 0 Å². The van der Waals surface area contributed by atoms with Crippen LogP contribution in [-0.2, 0) is 0 Å². The number of aliphatic hydroxyl groups is 1. The maximum Gasteiger partial charge on any atom is 0.257 e. The number of hydrogen-bond donors (Lipinski definition) is 2. The molecule has 7 heteroatoms. The molecule has 3 heterocycles. The van der Waals surface area contributed by atoms with Gasteiger partial charge in [-0.1, -0.05) is 6.07 Å². The topological polar surface area (TPSA) is 85.4 Å². The van der Waals surface area contributed by atoms with Gasteiger partial charge in [-0.25, -0.2) is 9.97 Å². The number of H-pyrrole nitrogens is 1. The van der Waals surface area contributed by atoms with Gasteiger partial charge < -0.3 is 19.9 Å². The molecule has 0 spiro atoms. The lowest BCUT2D eigenvalue weighted by atomic mass is 9.78. The molecule has 1 saturated heterocycles. The van der Waals surface area contributed by atoms with E-state index >= 15 is 0 Å². The van der Waals surface area contributed by atoms with Crippen LogP contribution in [0.25, 0.3) is 21.8 Å². The van der Waals surface area contributed by atoms with Gasteiger partial charge in [0.2, 0.25) is 0 Å². The van der Waals surface area contributed by atoms with E-state index in [-0.39, 0.29) is 11.5 Å². The van der Waals surface area contributed by atoms with Crippen molar-refractivity contribution < 1.29 is 5.11 Å². The zero-order valence-corrected chi connectivity index (χ0v) is 17.7. The molecule has 0 atom stereocenters. The van der Waals surface area contributed by atoms with Crippen LogP contribution in [0.1, 0.15) is 44.2 Å². The molecular formula is C23H29N5O2. The van der Waals surface area contributed by atoms with Gasteiger partial charge in [-0.3, -0.25) is 4.79 Å². The molecule has 0 amide bonds. The Kier molecular flexibility index (Phi) is 4.75. The summed E-state index contributed by atoms with van der Waals surface area (Å²) in [4.78, 5) is 29.5. The van der Waals surface area contributed by atoms with E-state index in [1.165, 1.54) is 0 Å². The highest BCUT2D eigenvalue weighted by Crippen LogP contribution is 2.40. The first-order valence-corrected chi connectivity index (χ1v) is 10.9. The van der Waals surface area contributed by atoms with Crippen LogP contribution >= 0.6 is 0 Å². The van der Waals surface area contributed by atoms with Crippen molar-refractivity contribution in [3.05, 3.63) is 40.6 Å². The minimum absolute atomic E-state index is 0.107. The number of rotatable bonds is 2. The summed E-state index contributed by atoms with van der Waals surface area (Å²) in [5, 5.41) is 12.9. The van der Waals surface area contributed by atoms with Crippen LogP contribution in [0.3, 0.4) is 0 Å². The van der Waals surface area contributed by atoms with Crippen LogP contribution in [-0.4, -0.2) is 63.8 Å². The van der Waals surface area contributed by atoms with Crippen LogP contribution in [0, 0.1) is 0 Å². The van der Waals surface area contributed by atoms with Crippen molar-refractivity contribution in [2.45, 2.75) is 44.1 Å². The van der Waals surface area contributed by atoms with Crippen molar-refractivity contribution >= 4 is 27.5 Å². The van der Waals surface area contributed by atoms with Gasteiger partial charge in [-0.05, 0) is 51.8 Å². The van der Waals surface area contributed by atoms with E-state index in [1.54, 1.807) is 6.33 Å². The summed E-state index contributed by atoms with van der Waals surface area (Å²) in [6.07, 6.45) is 4.85. The molecule has 3 aromatic rings. The number of hydrogen-bond acceptors (Lipinski definition) is 6. The molecule has 1 saturated carbocycles. The third-order valence-electron chi connectivity index (χ3n) is 6.94. The van der Waals surface area contributed by atoms with Crippen molar-refractivity contribution in [1.29, 1.82) is 0 Å². The Balaban J connectivity index is 1.61. The second-order valence-electron chi connectivity index (χ2n) is 9.23. The Morgan fingerprint density at radius 1 is 1.10 bits per heavy atom. The Morgan fingerprint density at radius 3 is 2.57 bits per heavy atom. The monoisotopic (exact) mass is 407 g/mol. The lowest BCUT2D eigenvalue weighted by molar-refractivity contribution is 0.0169. The fourth-order valence-corrected chi connectivity index (χ4v) is 4.96. The molecule has 7 nitrogen and oxygen atoms in total. The van der Waals surface area contributed by atoms with Crippen LogP contribution in [0.15, 0.2) is 29.3 Å². The molecule has 2 fully saturated rings. The summed E-state index contributed by atoms with van der Waals surface area (Å²) in [7, 11) is 2.14. The zero-order chi connectivity index (χ0) is 20.9. The molecule has 0 unspecified atom stereocenters. The van der Waals surface area contributed by atoms with E-state index in [9.17, 15) is 9.90 Å². The number of aromatic amines is 1. The zero-order valence-electron chi connectivity index (χ0n) is 17.7. The molecule has 2 aliphatic rings. The van der Waals surface area contributed by atoms with Crippen molar-refractivity contribution in [1.82, 2.24) is 19.9 Å². The average Bonchev–Trinajstić information content (AvgIpc) is 2.74. The van der Waals surface area contributed by atoms with Crippen LogP contribution in [0.2, 0.25) is 0 Å². The number of aromatic nitrogens is 3. The van der Waals surface area contributed by atoms with Gasteiger partial charge in [0, 0.05) is 53.9 Å². The van der Waals surface area contributed by atoms with Gasteiger partial charge in [0.05, 0.1) is 11.3 Å². The van der Waals surface area contributed by atoms with Crippen LogP contribution in [0.5, 0.6) is 0 Å². The predicted molar refractivity (Wildman–Crippen MR) is 119 cm³/mol. The Hall–Kier alpha value is -2.51. The molecule has 5 rings (SSSR count). The number of fused-ring (bicyclic) bond motifs is 3. The molecule has 158 valence electrons. The quantitative estimate of drug-likeness (QED) is 0.635. The van der Waals surface area contributed by atoms with E-state index < -0.39 is 5.60 Å². The molecule has 1 aliphatic heterocycles. The Morgan fingerprint density at radius 2 is 1.83 bits per heavy atom. The maximum absolute atomic E-state index is 12.9. The van der Waals surface area contributed by atoms with E-state index in [4.69, 9.17) is 0 Å². The lowest BCUT2D eigenvalue weighted by Crippen LogP contribution is -2.44. The van der Waals surface area contributed by atoms with E-state index in [1.807, 2.05) is 13.0 Å². The molecule has 30 heavy (non-hydrogen) atoms. The summed E-state index contributed by atoms with van der Waals surface area (Å²) >= 11 is 0. The first kappa shape index (κ1) is 19.5.